The summed E-state index contributed by atoms with van der Waals surface area (Å²) in [6, 6.07) is 1.88. The van der Waals surface area contributed by atoms with Gasteiger partial charge in [0.25, 0.3) is 0 Å². The minimum absolute atomic E-state index is 0.206. The molecule has 1 amide bonds. The van der Waals surface area contributed by atoms with Crippen molar-refractivity contribution in [2.24, 2.45) is 13.0 Å². The number of nitrogens with zero attached hydrogens (tertiary/aromatic N) is 3. The Morgan fingerprint density at radius 3 is 2.93 bits per heavy atom. The van der Waals surface area contributed by atoms with E-state index in [4.69, 9.17) is 0 Å². The van der Waals surface area contributed by atoms with Gasteiger partial charge in [-0.25, -0.2) is 0 Å². The van der Waals surface area contributed by atoms with Crippen molar-refractivity contribution >= 4 is 11.7 Å². The molecule has 0 spiro atoms. The molecule has 1 atom stereocenters. The summed E-state index contributed by atoms with van der Waals surface area (Å²) in [7, 11) is 1.86. The van der Waals surface area contributed by atoms with E-state index in [9.17, 15) is 4.79 Å². The van der Waals surface area contributed by atoms with E-state index in [2.05, 4.69) is 12.0 Å². The van der Waals surface area contributed by atoms with Crippen LogP contribution >= 0.6 is 0 Å². The Balaban J connectivity index is 2.17. The SMILES string of the molecule is CCC1CCN(c2ccn(C)n2)C1=O. The van der Waals surface area contributed by atoms with E-state index in [0.29, 0.717) is 0 Å². The number of aryl methyl sites for hydroxylation is 1. The number of anilines is 1. The second kappa shape index (κ2) is 3.44. The molecule has 4 nitrogen and oxygen atoms in total. The zero-order chi connectivity index (χ0) is 10.1. The molecule has 14 heavy (non-hydrogen) atoms. The van der Waals surface area contributed by atoms with Crippen LogP contribution < -0.4 is 4.90 Å². The van der Waals surface area contributed by atoms with Crippen molar-refractivity contribution in [2.75, 3.05) is 11.4 Å². The van der Waals surface area contributed by atoms with Crippen molar-refractivity contribution in [2.45, 2.75) is 19.8 Å². The summed E-state index contributed by atoms with van der Waals surface area (Å²) in [6.45, 7) is 2.87. The topological polar surface area (TPSA) is 38.1 Å². The Hall–Kier alpha value is -1.32. The van der Waals surface area contributed by atoms with Crippen LogP contribution in [0.3, 0.4) is 0 Å². The van der Waals surface area contributed by atoms with Crippen LogP contribution in [0.4, 0.5) is 5.82 Å². The van der Waals surface area contributed by atoms with Crippen molar-refractivity contribution in [3.05, 3.63) is 12.3 Å². The molecule has 0 radical (unpaired) electrons. The molecule has 4 heteroatoms. The molecule has 2 heterocycles. The molecule has 1 fully saturated rings. The van der Waals surface area contributed by atoms with Gasteiger partial charge in [-0.3, -0.25) is 14.4 Å². The highest BCUT2D eigenvalue weighted by Gasteiger charge is 2.31. The first kappa shape index (κ1) is 9.24. The van der Waals surface area contributed by atoms with Gasteiger partial charge in [-0.1, -0.05) is 6.92 Å². The molecule has 1 aromatic rings. The van der Waals surface area contributed by atoms with E-state index in [-0.39, 0.29) is 11.8 Å². The lowest BCUT2D eigenvalue weighted by Crippen LogP contribution is -2.27. The van der Waals surface area contributed by atoms with E-state index in [1.165, 1.54) is 0 Å². The third-order valence-electron chi connectivity index (χ3n) is 2.79. The number of amides is 1. The molecule has 0 N–H and O–H groups in total. The summed E-state index contributed by atoms with van der Waals surface area (Å²) in [4.78, 5) is 13.6. The molecule has 1 aliphatic heterocycles. The fourth-order valence-corrected chi connectivity index (χ4v) is 1.89. The summed E-state index contributed by atoms with van der Waals surface area (Å²) in [6.07, 6.45) is 3.76. The number of hydrogen-bond acceptors (Lipinski definition) is 2. The third-order valence-corrected chi connectivity index (χ3v) is 2.79. The van der Waals surface area contributed by atoms with Gasteiger partial charge in [0, 0.05) is 31.8 Å². The largest absolute Gasteiger partial charge is 0.295 e. The van der Waals surface area contributed by atoms with Crippen LogP contribution in [0.25, 0.3) is 0 Å². The number of aromatic nitrogens is 2. The fourth-order valence-electron chi connectivity index (χ4n) is 1.89. The molecule has 1 aromatic heterocycles. The number of hydrogen-bond donors (Lipinski definition) is 0. The summed E-state index contributed by atoms with van der Waals surface area (Å²) < 4.78 is 1.72. The van der Waals surface area contributed by atoms with Gasteiger partial charge >= 0.3 is 0 Å². The Kier molecular flexibility index (Phi) is 2.27. The van der Waals surface area contributed by atoms with E-state index in [1.807, 2.05) is 19.3 Å². The van der Waals surface area contributed by atoms with Crippen LogP contribution in [-0.2, 0) is 11.8 Å². The van der Waals surface area contributed by atoms with Crippen LogP contribution in [0.1, 0.15) is 19.8 Å². The zero-order valence-corrected chi connectivity index (χ0v) is 8.60. The molecule has 1 unspecified atom stereocenters. The van der Waals surface area contributed by atoms with Crippen LogP contribution in [0, 0.1) is 5.92 Å². The van der Waals surface area contributed by atoms with Gasteiger partial charge in [0.1, 0.15) is 0 Å². The van der Waals surface area contributed by atoms with Gasteiger partial charge in [-0.05, 0) is 12.8 Å². The Morgan fingerprint density at radius 1 is 1.64 bits per heavy atom. The standard InChI is InChI=1S/C10H15N3O/c1-3-8-4-7-13(10(8)14)9-5-6-12(2)11-9/h5-6,8H,3-4,7H2,1-2H3. The molecular weight excluding hydrogens is 178 g/mol. The second-order valence-corrected chi connectivity index (χ2v) is 3.73. The molecule has 0 aromatic carbocycles. The van der Waals surface area contributed by atoms with Gasteiger partial charge in [0.2, 0.25) is 5.91 Å². The van der Waals surface area contributed by atoms with Crippen molar-refractivity contribution in [3.63, 3.8) is 0 Å². The predicted octanol–water partition coefficient (Wildman–Crippen LogP) is 1.18. The van der Waals surface area contributed by atoms with Crippen molar-refractivity contribution in [1.82, 2.24) is 9.78 Å². The lowest BCUT2D eigenvalue weighted by atomic mass is 10.1. The molecule has 2 rings (SSSR count). The van der Waals surface area contributed by atoms with Crippen molar-refractivity contribution in [3.8, 4) is 0 Å². The highest BCUT2D eigenvalue weighted by molar-refractivity contribution is 5.96. The van der Waals surface area contributed by atoms with Crippen molar-refractivity contribution in [1.29, 1.82) is 0 Å². The smallest absolute Gasteiger partial charge is 0.231 e. The minimum Gasteiger partial charge on any atom is -0.295 e. The van der Waals surface area contributed by atoms with Crippen molar-refractivity contribution < 1.29 is 4.79 Å². The lowest BCUT2D eigenvalue weighted by Gasteiger charge is -2.12. The zero-order valence-electron chi connectivity index (χ0n) is 8.60. The normalized spacial score (nSPS) is 22.0. The Bertz CT molecular complexity index is 345. The molecule has 76 valence electrons. The maximum atomic E-state index is 11.8. The van der Waals surface area contributed by atoms with Gasteiger partial charge in [0.15, 0.2) is 5.82 Å². The summed E-state index contributed by atoms with van der Waals surface area (Å²) in [5, 5.41) is 4.23. The van der Waals surface area contributed by atoms with Crippen LogP contribution in [0.15, 0.2) is 12.3 Å². The molecule has 0 aliphatic carbocycles. The van der Waals surface area contributed by atoms with E-state index < -0.39 is 0 Å². The van der Waals surface area contributed by atoms with Crippen LogP contribution in [-0.4, -0.2) is 22.2 Å². The predicted molar refractivity (Wildman–Crippen MR) is 54.0 cm³/mol. The minimum atomic E-state index is 0.206. The maximum absolute atomic E-state index is 11.8. The lowest BCUT2D eigenvalue weighted by molar-refractivity contribution is -0.120. The molecule has 0 bridgehead atoms. The third kappa shape index (κ3) is 1.41. The molecule has 1 saturated heterocycles. The van der Waals surface area contributed by atoms with E-state index in [1.54, 1.807) is 9.58 Å². The second-order valence-electron chi connectivity index (χ2n) is 3.73. The first-order valence-electron chi connectivity index (χ1n) is 5.03. The average Bonchev–Trinajstić information content (AvgIpc) is 2.72. The number of rotatable bonds is 2. The molecule has 1 aliphatic rings. The first-order chi connectivity index (χ1) is 6.72. The van der Waals surface area contributed by atoms with Gasteiger partial charge < -0.3 is 0 Å². The quantitative estimate of drug-likeness (QED) is 0.707. The Labute approximate surface area is 83.5 Å². The molecule has 0 saturated carbocycles. The highest BCUT2D eigenvalue weighted by atomic mass is 16.2. The van der Waals surface area contributed by atoms with Crippen LogP contribution in [0.5, 0.6) is 0 Å². The van der Waals surface area contributed by atoms with E-state index in [0.717, 1.165) is 25.2 Å². The van der Waals surface area contributed by atoms with Gasteiger partial charge in [0.05, 0.1) is 0 Å². The Morgan fingerprint density at radius 2 is 2.43 bits per heavy atom. The average molecular weight is 193 g/mol. The van der Waals surface area contributed by atoms with Crippen LogP contribution in [0.2, 0.25) is 0 Å². The molecular formula is C10H15N3O. The van der Waals surface area contributed by atoms with Gasteiger partial charge in [-0.15, -0.1) is 0 Å². The highest BCUT2D eigenvalue weighted by Crippen LogP contribution is 2.25. The maximum Gasteiger partial charge on any atom is 0.231 e. The number of carbonyl (C=O) groups is 1. The fraction of sp³-hybridized carbons (Fsp3) is 0.600. The van der Waals surface area contributed by atoms with E-state index >= 15 is 0 Å². The summed E-state index contributed by atoms with van der Waals surface area (Å²) in [5.74, 6) is 1.22. The number of carbonyl (C=O) groups excluding carboxylic acids is 1. The summed E-state index contributed by atoms with van der Waals surface area (Å²) in [5.41, 5.74) is 0. The first-order valence-corrected chi connectivity index (χ1v) is 5.03. The van der Waals surface area contributed by atoms with Gasteiger partial charge in [-0.2, -0.15) is 5.10 Å². The summed E-state index contributed by atoms with van der Waals surface area (Å²) >= 11 is 0. The monoisotopic (exact) mass is 193 g/mol.